The van der Waals surface area contributed by atoms with Crippen molar-refractivity contribution in [2.24, 2.45) is 5.73 Å². The molecule has 1 aromatic carbocycles. The smallest absolute Gasteiger partial charge is 0.128 e. The van der Waals surface area contributed by atoms with Crippen molar-refractivity contribution in [2.75, 3.05) is 13.2 Å². The van der Waals surface area contributed by atoms with Crippen LogP contribution in [-0.2, 0) is 4.74 Å². The summed E-state index contributed by atoms with van der Waals surface area (Å²) in [5, 5.41) is 0. The van der Waals surface area contributed by atoms with Gasteiger partial charge in [-0.2, -0.15) is 0 Å². The fraction of sp³-hybridized carbons (Fsp3) is 0.500. The van der Waals surface area contributed by atoms with Gasteiger partial charge >= 0.3 is 0 Å². The van der Waals surface area contributed by atoms with E-state index >= 15 is 0 Å². The van der Waals surface area contributed by atoms with Gasteiger partial charge in [-0.05, 0) is 25.0 Å². The summed E-state index contributed by atoms with van der Waals surface area (Å²) in [4.78, 5) is 0. The molecule has 94 valence electrons. The second-order valence-corrected chi connectivity index (χ2v) is 5.02. The Morgan fingerprint density at radius 2 is 2.12 bits per heavy atom. The first-order chi connectivity index (χ1) is 8.17. The molecule has 0 bridgehead atoms. The highest BCUT2D eigenvalue weighted by Gasteiger charge is 2.24. The number of halogens is 2. The van der Waals surface area contributed by atoms with Crippen LogP contribution in [0.5, 0.6) is 5.75 Å². The van der Waals surface area contributed by atoms with Crippen LogP contribution in [0.25, 0.3) is 0 Å². The third-order valence-electron chi connectivity index (χ3n) is 2.73. The maximum atomic E-state index is 13.1. The van der Waals surface area contributed by atoms with E-state index in [0.717, 1.165) is 12.8 Å². The molecule has 1 heterocycles. The van der Waals surface area contributed by atoms with Crippen LogP contribution < -0.4 is 10.5 Å². The maximum Gasteiger partial charge on any atom is 0.128 e. The molecular weight excluding hydrogens is 289 g/mol. The van der Waals surface area contributed by atoms with E-state index in [9.17, 15) is 4.39 Å². The molecular formula is C12H15BrFNO2. The number of rotatable bonds is 4. The first-order valence-corrected chi connectivity index (χ1v) is 6.41. The van der Waals surface area contributed by atoms with Crippen LogP contribution >= 0.6 is 15.9 Å². The Morgan fingerprint density at radius 3 is 2.76 bits per heavy atom. The van der Waals surface area contributed by atoms with Gasteiger partial charge in [0.25, 0.3) is 0 Å². The van der Waals surface area contributed by atoms with Gasteiger partial charge in [0.1, 0.15) is 18.2 Å². The molecule has 3 nitrogen and oxygen atoms in total. The van der Waals surface area contributed by atoms with Gasteiger partial charge in [0, 0.05) is 17.1 Å². The van der Waals surface area contributed by atoms with Gasteiger partial charge < -0.3 is 15.2 Å². The Morgan fingerprint density at radius 1 is 1.35 bits per heavy atom. The normalized spacial score (nSPS) is 23.9. The molecule has 17 heavy (non-hydrogen) atoms. The first-order valence-electron chi connectivity index (χ1n) is 5.62. The van der Waals surface area contributed by atoms with Gasteiger partial charge in [0.2, 0.25) is 0 Å². The Kier molecular flexibility index (Phi) is 4.36. The molecule has 2 N–H and O–H groups in total. The van der Waals surface area contributed by atoms with Crippen molar-refractivity contribution in [3.63, 3.8) is 0 Å². The van der Waals surface area contributed by atoms with Crippen molar-refractivity contribution < 1.29 is 13.9 Å². The molecule has 0 spiro atoms. The van der Waals surface area contributed by atoms with Gasteiger partial charge in [-0.1, -0.05) is 15.9 Å². The molecule has 0 aromatic heterocycles. The fourth-order valence-corrected chi connectivity index (χ4v) is 2.32. The molecule has 1 fully saturated rings. The van der Waals surface area contributed by atoms with Crippen molar-refractivity contribution in [1.29, 1.82) is 0 Å². The number of benzene rings is 1. The molecule has 1 aromatic rings. The third-order valence-corrected chi connectivity index (χ3v) is 3.19. The molecule has 0 aliphatic carbocycles. The Labute approximate surface area is 108 Å². The molecule has 1 saturated heterocycles. The lowest BCUT2D eigenvalue weighted by Crippen LogP contribution is -2.23. The monoisotopic (exact) mass is 303 g/mol. The van der Waals surface area contributed by atoms with Crippen LogP contribution in [0.15, 0.2) is 22.7 Å². The molecule has 0 amide bonds. The molecule has 1 aliphatic heterocycles. The topological polar surface area (TPSA) is 44.5 Å². The molecule has 0 radical (unpaired) electrons. The SMILES string of the molecule is NCC1CCC(COc2cc(F)cc(Br)c2)O1. The minimum absolute atomic E-state index is 0.0607. The molecule has 2 rings (SSSR count). The minimum Gasteiger partial charge on any atom is -0.491 e. The number of hydrogen-bond donors (Lipinski definition) is 1. The van der Waals surface area contributed by atoms with Crippen LogP contribution in [0.3, 0.4) is 0 Å². The van der Waals surface area contributed by atoms with Crippen LogP contribution in [-0.4, -0.2) is 25.4 Å². The van der Waals surface area contributed by atoms with Crippen molar-refractivity contribution in [3.8, 4) is 5.75 Å². The fourth-order valence-electron chi connectivity index (χ4n) is 1.88. The summed E-state index contributed by atoms with van der Waals surface area (Å²) in [5.41, 5.74) is 5.52. The van der Waals surface area contributed by atoms with Gasteiger partial charge in [-0.25, -0.2) is 4.39 Å². The Bertz CT molecular complexity index is 369. The second-order valence-electron chi connectivity index (χ2n) is 4.11. The summed E-state index contributed by atoms with van der Waals surface area (Å²) in [6.45, 7) is 0.981. The average molecular weight is 304 g/mol. The molecule has 0 saturated carbocycles. The molecule has 2 unspecified atom stereocenters. The summed E-state index contributed by atoms with van der Waals surface area (Å²) in [6, 6.07) is 4.49. The standard InChI is InChI=1S/C12H15BrFNO2/c13-8-3-9(14)5-12(4-8)16-7-11-2-1-10(6-15)17-11/h3-5,10-11H,1-2,6-7,15H2. The van der Waals surface area contributed by atoms with Gasteiger partial charge in [-0.3, -0.25) is 0 Å². The second kappa shape index (κ2) is 5.80. The summed E-state index contributed by atoms with van der Waals surface area (Å²) < 4.78 is 24.9. The van der Waals surface area contributed by atoms with Crippen LogP contribution in [0.1, 0.15) is 12.8 Å². The highest BCUT2D eigenvalue weighted by molar-refractivity contribution is 9.10. The Balaban J connectivity index is 1.85. The average Bonchev–Trinajstić information content (AvgIpc) is 2.73. The van der Waals surface area contributed by atoms with E-state index in [1.165, 1.54) is 12.1 Å². The van der Waals surface area contributed by atoms with E-state index < -0.39 is 0 Å². The van der Waals surface area contributed by atoms with Crippen LogP contribution in [0.2, 0.25) is 0 Å². The van der Waals surface area contributed by atoms with E-state index in [-0.39, 0.29) is 18.0 Å². The molecule has 1 aliphatic rings. The van der Waals surface area contributed by atoms with Crippen molar-refractivity contribution >= 4 is 15.9 Å². The summed E-state index contributed by atoms with van der Waals surface area (Å²) in [6.07, 6.45) is 2.11. The highest BCUT2D eigenvalue weighted by Crippen LogP contribution is 2.23. The van der Waals surface area contributed by atoms with E-state index in [1.54, 1.807) is 6.07 Å². The van der Waals surface area contributed by atoms with Gasteiger partial charge in [-0.15, -0.1) is 0 Å². The lowest BCUT2D eigenvalue weighted by atomic mass is 10.2. The predicted molar refractivity (Wildman–Crippen MR) is 66.5 cm³/mol. The first kappa shape index (κ1) is 12.8. The lowest BCUT2D eigenvalue weighted by Gasteiger charge is -2.13. The summed E-state index contributed by atoms with van der Waals surface area (Å²) in [5.74, 6) is 0.193. The molecule has 2 atom stereocenters. The number of nitrogens with two attached hydrogens (primary N) is 1. The zero-order valence-corrected chi connectivity index (χ0v) is 11.0. The lowest BCUT2D eigenvalue weighted by molar-refractivity contribution is 0.0221. The van der Waals surface area contributed by atoms with Crippen molar-refractivity contribution in [1.82, 2.24) is 0 Å². The quantitative estimate of drug-likeness (QED) is 0.929. The summed E-state index contributed by atoms with van der Waals surface area (Å²) in [7, 11) is 0. The van der Waals surface area contributed by atoms with Crippen LogP contribution in [0.4, 0.5) is 4.39 Å². The summed E-state index contributed by atoms with van der Waals surface area (Å²) >= 11 is 3.22. The van der Waals surface area contributed by atoms with Gasteiger partial charge in [0.15, 0.2) is 0 Å². The van der Waals surface area contributed by atoms with E-state index in [4.69, 9.17) is 15.2 Å². The number of hydrogen-bond acceptors (Lipinski definition) is 3. The van der Waals surface area contributed by atoms with E-state index in [2.05, 4.69) is 15.9 Å². The maximum absolute atomic E-state index is 13.1. The minimum atomic E-state index is -0.318. The Hall–Kier alpha value is -0.650. The van der Waals surface area contributed by atoms with Gasteiger partial charge in [0.05, 0.1) is 12.2 Å². The zero-order chi connectivity index (χ0) is 12.3. The number of ether oxygens (including phenoxy) is 2. The van der Waals surface area contributed by atoms with E-state index in [0.29, 0.717) is 23.4 Å². The van der Waals surface area contributed by atoms with Crippen molar-refractivity contribution in [2.45, 2.75) is 25.0 Å². The van der Waals surface area contributed by atoms with Crippen molar-refractivity contribution in [3.05, 3.63) is 28.5 Å². The third kappa shape index (κ3) is 3.66. The van der Waals surface area contributed by atoms with Crippen LogP contribution in [0, 0.1) is 5.82 Å². The van der Waals surface area contributed by atoms with E-state index in [1.807, 2.05) is 0 Å². The highest BCUT2D eigenvalue weighted by atomic mass is 79.9. The largest absolute Gasteiger partial charge is 0.491 e. The zero-order valence-electron chi connectivity index (χ0n) is 9.36. The predicted octanol–water partition coefficient (Wildman–Crippen LogP) is 2.47. The molecule has 5 heteroatoms.